The first-order chi connectivity index (χ1) is 12.7. The van der Waals surface area contributed by atoms with Crippen LogP contribution in [0.2, 0.25) is 0 Å². The molecule has 0 N–H and O–H groups in total. The molecule has 1 fully saturated rings. The molecular weight excluding hydrogens is 342 g/mol. The molecule has 26 heavy (non-hydrogen) atoms. The summed E-state index contributed by atoms with van der Waals surface area (Å²) in [5, 5.41) is 2.13. The van der Waals surface area contributed by atoms with Crippen LogP contribution in [0.4, 0.5) is 0 Å². The predicted molar refractivity (Wildman–Crippen MR) is 106 cm³/mol. The fraction of sp³-hybridized carbons (Fsp3) is 0.476. The quantitative estimate of drug-likeness (QED) is 0.811. The normalized spacial score (nSPS) is 20.5. The maximum absolute atomic E-state index is 12.8. The maximum atomic E-state index is 12.8. The number of fused-ring (bicyclic) bond motifs is 1. The van der Waals surface area contributed by atoms with E-state index < -0.39 is 0 Å². The number of hydrogen-bond donors (Lipinski definition) is 0. The Morgan fingerprint density at radius 2 is 1.96 bits per heavy atom. The highest BCUT2D eigenvalue weighted by atomic mass is 32.1. The fourth-order valence-electron chi connectivity index (χ4n) is 4.19. The monoisotopic (exact) mass is 369 g/mol. The average Bonchev–Trinajstić information content (AvgIpc) is 3.31. The van der Waals surface area contributed by atoms with Crippen molar-refractivity contribution in [3.05, 3.63) is 57.8 Å². The Labute approximate surface area is 160 Å². The van der Waals surface area contributed by atoms with Crippen molar-refractivity contribution in [1.29, 1.82) is 0 Å². The first-order valence-electron chi connectivity index (χ1n) is 9.51. The molecule has 1 atom stereocenters. The van der Waals surface area contributed by atoms with Gasteiger partial charge >= 0.3 is 0 Å². The molecule has 0 radical (unpaired) electrons. The molecule has 0 bridgehead atoms. The van der Waals surface area contributed by atoms with Gasteiger partial charge in [0.25, 0.3) is 0 Å². The molecule has 4 nitrogen and oxygen atoms in total. The number of amides is 1. The average molecular weight is 370 g/mol. The minimum Gasteiger partial charge on any atom is -0.339 e. The molecule has 2 heterocycles. The lowest BCUT2D eigenvalue weighted by Crippen LogP contribution is -2.50. The molecule has 2 aromatic rings. The van der Waals surface area contributed by atoms with Crippen LogP contribution in [0, 0.1) is 0 Å². The lowest BCUT2D eigenvalue weighted by molar-refractivity contribution is -0.134. The Morgan fingerprint density at radius 1 is 1.15 bits per heavy atom. The molecule has 138 valence electrons. The maximum Gasteiger partial charge on any atom is 0.236 e. The highest BCUT2D eigenvalue weighted by Gasteiger charge is 2.28. The lowest BCUT2D eigenvalue weighted by atomic mass is 10.1. The van der Waals surface area contributed by atoms with Crippen molar-refractivity contribution in [2.75, 3.05) is 39.8 Å². The zero-order valence-corrected chi connectivity index (χ0v) is 16.3. The van der Waals surface area contributed by atoms with E-state index in [4.69, 9.17) is 0 Å². The molecule has 4 rings (SSSR count). The number of benzene rings is 1. The molecule has 1 aromatic heterocycles. The summed E-state index contributed by atoms with van der Waals surface area (Å²) in [6, 6.07) is 13.3. The van der Waals surface area contributed by atoms with Crippen molar-refractivity contribution in [1.82, 2.24) is 14.7 Å². The second-order valence-corrected chi connectivity index (χ2v) is 8.44. The Bertz CT molecular complexity index is 737. The number of hydrogen-bond acceptors (Lipinski definition) is 4. The topological polar surface area (TPSA) is 26.8 Å². The van der Waals surface area contributed by atoms with Crippen molar-refractivity contribution in [3.63, 3.8) is 0 Å². The van der Waals surface area contributed by atoms with E-state index in [1.165, 1.54) is 16.0 Å². The van der Waals surface area contributed by atoms with E-state index in [1.54, 1.807) is 0 Å². The van der Waals surface area contributed by atoms with E-state index >= 15 is 0 Å². The minimum absolute atomic E-state index is 0.271. The zero-order valence-electron chi connectivity index (χ0n) is 15.4. The second-order valence-electron chi connectivity index (χ2n) is 7.40. The number of likely N-dealkylation sites (N-methyl/N-ethyl adjacent to an activating group) is 1. The molecule has 1 saturated heterocycles. The summed E-state index contributed by atoms with van der Waals surface area (Å²) >= 11 is 1.81. The largest absolute Gasteiger partial charge is 0.339 e. The first kappa shape index (κ1) is 17.7. The van der Waals surface area contributed by atoms with Gasteiger partial charge in [-0.15, -0.1) is 11.3 Å². The number of thiophene rings is 1. The van der Waals surface area contributed by atoms with Gasteiger partial charge in [-0.1, -0.05) is 30.3 Å². The van der Waals surface area contributed by atoms with Gasteiger partial charge in [0, 0.05) is 43.6 Å². The van der Waals surface area contributed by atoms with Crippen molar-refractivity contribution in [3.8, 4) is 0 Å². The Balaban J connectivity index is 1.28. The van der Waals surface area contributed by atoms with Crippen LogP contribution >= 0.6 is 11.3 Å². The van der Waals surface area contributed by atoms with E-state index in [-0.39, 0.29) is 5.91 Å². The Kier molecular flexibility index (Phi) is 5.38. The van der Waals surface area contributed by atoms with E-state index in [0.717, 1.165) is 45.6 Å². The van der Waals surface area contributed by atoms with E-state index in [2.05, 4.69) is 58.6 Å². The molecule has 1 aliphatic carbocycles. The van der Waals surface area contributed by atoms with Gasteiger partial charge in [-0.3, -0.25) is 14.6 Å². The highest BCUT2D eigenvalue weighted by Crippen LogP contribution is 2.34. The van der Waals surface area contributed by atoms with Crippen molar-refractivity contribution in [2.24, 2.45) is 0 Å². The third-order valence-corrected chi connectivity index (χ3v) is 6.56. The number of piperazine rings is 1. The molecule has 1 unspecified atom stereocenters. The molecule has 1 amide bonds. The van der Waals surface area contributed by atoms with Gasteiger partial charge in [0.15, 0.2) is 0 Å². The van der Waals surface area contributed by atoms with Crippen molar-refractivity contribution >= 4 is 17.2 Å². The minimum atomic E-state index is 0.271. The van der Waals surface area contributed by atoms with Crippen LogP contribution in [0.15, 0.2) is 41.8 Å². The number of aryl methyl sites for hydroxylation is 1. The second kappa shape index (κ2) is 7.91. The zero-order chi connectivity index (χ0) is 17.9. The predicted octanol–water partition coefficient (Wildman–Crippen LogP) is 3.01. The van der Waals surface area contributed by atoms with E-state index in [1.807, 2.05) is 16.2 Å². The fourth-order valence-corrected chi connectivity index (χ4v) is 4.94. The molecule has 0 spiro atoms. The Hall–Kier alpha value is -1.69. The van der Waals surface area contributed by atoms with E-state index in [9.17, 15) is 4.79 Å². The number of nitrogens with zero attached hydrogens (tertiary/aromatic N) is 3. The summed E-state index contributed by atoms with van der Waals surface area (Å²) in [5.74, 6) is 0.271. The van der Waals surface area contributed by atoms with Gasteiger partial charge < -0.3 is 4.90 Å². The van der Waals surface area contributed by atoms with Crippen molar-refractivity contribution < 1.29 is 4.79 Å². The molecule has 1 aliphatic heterocycles. The van der Waals surface area contributed by atoms with Crippen molar-refractivity contribution in [2.45, 2.75) is 25.4 Å². The van der Waals surface area contributed by atoms with Gasteiger partial charge in [0.1, 0.15) is 0 Å². The lowest BCUT2D eigenvalue weighted by Gasteiger charge is -2.36. The van der Waals surface area contributed by atoms with Gasteiger partial charge in [-0.2, -0.15) is 0 Å². The van der Waals surface area contributed by atoms with E-state index in [0.29, 0.717) is 12.6 Å². The van der Waals surface area contributed by atoms with Gasteiger partial charge in [0.05, 0.1) is 6.54 Å². The highest BCUT2D eigenvalue weighted by molar-refractivity contribution is 7.09. The van der Waals surface area contributed by atoms with Crippen LogP contribution in [0.25, 0.3) is 0 Å². The summed E-state index contributed by atoms with van der Waals surface area (Å²) < 4.78 is 0. The van der Waals surface area contributed by atoms with Crippen LogP contribution in [0.5, 0.6) is 0 Å². The Morgan fingerprint density at radius 3 is 2.73 bits per heavy atom. The first-order valence-corrected chi connectivity index (χ1v) is 10.4. The molecular formula is C21H27N3OS. The third-order valence-electron chi connectivity index (χ3n) is 5.70. The summed E-state index contributed by atoms with van der Waals surface area (Å²) in [6.07, 6.45) is 2.25. The standard InChI is InChI=1S/C21H27N3OS/c1-22(20-9-8-17-5-2-3-7-19(17)20)16-21(25)24-12-10-23(11-13-24)15-18-6-4-14-26-18/h2-7,14,20H,8-13,15-16H2,1H3. The van der Waals surface area contributed by atoms with Gasteiger partial charge in [-0.05, 0) is 42.5 Å². The van der Waals surface area contributed by atoms with Crippen LogP contribution in [0.1, 0.15) is 28.5 Å². The summed E-state index contributed by atoms with van der Waals surface area (Å²) in [7, 11) is 2.09. The summed E-state index contributed by atoms with van der Waals surface area (Å²) in [6.45, 7) is 5.17. The third kappa shape index (κ3) is 3.85. The van der Waals surface area contributed by atoms with Crippen LogP contribution in [-0.2, 0) is 17.8 Å². The summed E-state index contributed by atoms with van der Waals surface area (Å²) in [4.78, 5) is 20.9. The molecule has 2 aliphatic rings. The van der Waals surface area contributed by atoms with Crippen LogP contribution in [0.3, 0.4) is 0 Å². The van der Waals surface area contributed by atoms with Gasteiger partial charge in [-0.25, -0.2) is 0 Å². The summed E-state index contributed by atoms with van der Waals surface area (Å²) in [5.41, 5.74) is 2.85. The van der Waals surface area contributed by atoms with Crippen LogP contribution < -0.4 is 0 Å². The molecule has 5 heteroatoms. The number of rotatable bonds is 5. The number of carbonyl (C=O) groups is 1. The smallest absolute Gasteiger partial charge is 0.236 e. The molecule has 0 saturated carbocycles. The SMILES string of the molecule is CN(CC(=O)N1CCN(Cc2cccs2)CC1)C1CCc2ccccc21. The molecule has 1 aromatic carbocycles. The van der Waals surface area contributed by atoms with Gasteiger partial charge in [0.2, 0.25) is 5.91 Å². The van der Waals surface area contributed by atoms with Crippen LogP contribution in [-0.4, -0.2) is 60.4 Å². The number of carbonyl (C=O) groups excluding carboxylic acids is 1.